The lowest BCUT2D eigenvalue weighted by Gasteiger charge is -2.40. The number of esters is 1. The molecule has 0 saturated carbocycles. The Kier molecular flexibility index (Phi) is 12.2. The molecule has 1 unspecified atom stereocenters. The summed E-state index contributed by atoms with van der Waals surface area (Å²) in [6.07, 6.45) is 3.14. The van der Waals surface area contributed by atoms with Crippen LogP contribution in [-0.2, 0) is 35.1 Å². The number of halogens is 1. The highest BCUT2D eigenvalue weighted by Gasteiger charge is 2.77. The summed E-state index contributed by atoms with van der Waals surface area (Å²) in [7, 11) is 1.68. The summed E-state index contributed by atoms with van der Waals surface area (Å²) in [6.45, 7) is 13.1. The summed E-state index contributed by atoms with van der Waals surface area (Å²) in [6, 6.07) is 16.1. The topological polar surface area (TPSA) is 117 Å². The Morgan fingerprint density at radius 1 is 1.08 bits per heavy atom. The Morgan fingerprint density at radius 2 is 1.73 bits per heavy atom. The molecule has 0 aromatic heterocycles. The number of benzene rings is 2. The first-order valence-corrected chi connectivity index (χ1v) is 18.7. The number of amides is 3. The van der Waals surface area contributed by atoms with Crippen LogP contribution in [0.1, 0.15) is 57.3 Å². The van der Waals surface area contributed by atoms with Gasteiger partial charge in [0.05, 0.1) is 36.6 Å². The Labute approximate surface area is 309 Å². The van der Waals surface area contributed by atoms with Crippen LogP contribution in [0.4, 0.5) is 0 Å². The zero-order chi connectivity index (χ0) is 37.0. The number of hydrogen-bond donors (Lipinski definition) is 1. The van der Waals surface area contributed by atoms with Crippen molar-refractivity contribution in [3.05, 3.63) is 97.1 Å². The molecule has 3 heterocycles. The number of allylic oxidation sites excluding steroid dienone is 1. The molecule has 2 bridgehead atoms. The Bertz CT molecular complexity index is 1590. The summed E-state index contributed by atoms with van der Waals surface area (Å²) in [5.74, 6) is -3.57. The maximum Gasteiger partial charge on any atom is 0.313 e. The third kappa shape index (κ3) is 7.30. The first-order valence-electron chi connectivity index (χ1n) is 17.7. The van der Waals surface area contributed by atoms with Gasteiger partial charge in [0.15, 0.2) is 0 Å². The highest BCUT2D eigenvalue weighted by Crippen LogP contribution is 2.61. The van der Waals surface area contributed by atoms with Gasteiger partial charge in [-0.3, -0.25) is 19.2 Å². The van der Waals surface area contributed by atoms with Crippen LogP contribution in [0.5, 0.6) is 0 Å². The molecule has 3 fully saturated rings. The standard InChI is InChI=1S/C40H50BrN3O7/c1-7-9-20-31(46)42(6)26(5)34(28-18-14-11-15-19-28)50-39(49)32-33-37(47)44(29(24-45)22-27-16-12-10-13-17-27)36(38(48)43(21-8-2)25(3)4)40(33)23-30(41)35(32)51-40/h7-8,10-19,25-26,29-30,32-36,45H,1-2,9,20-24H2,3-6H3/t26-,29+,30?,32-,33+,34+,35-,36-,40+/m0/s1. The van der Waals surface area contributed by atoms with Gasteiger partial charge >= 0.3 is 5.97 Å². The van der Waals surface area contributed by atoms with E-state index in [-0.39, 0.29) is 35.6 Å². The molecule has 1 N–H and O–H groups in total. The third-order valence-corrected chi connectivity index (χ3v) is 11.6. The zero-order valence-corrected chi connectivity index (χ0v) is 31.5. The number of likely N-dealkylation sites (tertiary alicyclic amines) is 1. The first kappa shape index (κ1) is 38.4. The molecule has 0 aliphatic carbocycles. The lowest BCUT2D eigenvalue weighted by Crippen LogP contribution is -2.60. The molecule has 2 aromatic carbocycles. The SMILES string of the molecule is C=CCCC(=O)N(C)[C@@H](C)[C@@H](OC(=O)[C@@H]1[C@H]2O[C@@]3(CC2Br)[C@H](C(=O)N(CC=C)C(C)C)N([C@@H](CO)Cc2ccccc2)C(=O)[C@@H]13)c1ccccc1. The van der Waals surface area contributed by atoms with Crippen molar-refractivity contribution in [2.45, 2.75) is 93.3 Å². The molecule has 51 heavy (non-hydrogen) atoms. The fourth-order valence-corrected chi connectivity index (χ4v) is 9.06. The number of rotatable bonds is 16. The molecule has 10 nitrogen and oxygen atoms in total. The van der Waals surface area contributed by atoms with Crippen molar-refractivity contribution in [2.75, 3.05) is 20.2 Å². The second kappa shape index (κ2) is 16.3. The minimum Gasteiger partial charge on any atom is -0.455 e. The van der Waals surface area contributed by atoms with Crippen LogP contribution < -0.4 is 0 Å². The normalized spacial score (nSPS) is 26.7. The van der Waals surface area contributed by atoms with Gasteiger partial charge in [-0.05, 0) is 51.2 Å². The molecular weight excluding hydrogens is 714 g/mol. The van der Waals surface area contributed by atoms with E-state index >= 15 is 0 Å². The molecule has 11 heteroatoms. The predicted molar refractivity (Wildman–Crippen MR) is 198 cm³/mol. The summed E-state index contributed by atoms with van der Waals surface area (Å²) in [5.41, 5.74) is 0.242. The van der Waals surface area contributed by atoms with Crippen LogP contribution in [0.25, 0.3) is 0 Å². The minimum absolute atomic E-state index is 0.118. The molecular formula is C40H50BrN3O7. The van der Waals surface area contributed by atoms with Crippen LogP contribution in [0.3, 0.4) is 0 Å². The number of nitrogens with zero attached hydrogens (tertiary/aromatic N) is 3. The molecule has 9 atom stereocenters. The molecule has 3 amide bonds. The number of alkyl halides is 1. The number of carbonyl (C=O) groups is 4. The third-order valence-electron chi connectivity index (χ3n) is 10.8. The first-order chi connectivity index (χ1) is 24.4. The summed E-state index contributed by atoms with van der Waals surface area (Å²) >= 11 is 3.75. The van der Waals surface area contributed by atoms with E-state index in [1.165, 1.54) is 4.90 Å². The van der Waals surface area contributed by atoms with E-state index in [4.69, 9.17) is 9.47 Å². The second-order valence-electron chi connectivity index (χ2n) is 14.1. The second-order valence-corrected chi connectivity index (χ2v) is 15.3. The molecule has 2 aromatic rings. The Morgan fingerprint density at radius 3 is 2.31 bits per heavy atom. The van der Waals surface area contributed by atoms with Gasteiger partial charge in [0.25, 0.3) is 0 Å². The number of aliphatic hydroxyl groups excluding tert-OH is 1. The van der Waals surface area contributed by atoms with Gasteiger partial charge in [0.1, 0.15) is 17.7 Å². The summed E-state index contributed by atoms with van der Waals surface area (Å²) in [4.78, 5) is 61.7. The van der Waals surface area contributed by atoms with Crippen molar-refractivity contribution in [1.82, 2.24) is 14.7 Å². The number of carbonyl (C=O) groups excluding carboxylic acids is 4. The van der Waals surface area contributed by atoms with Gasteiger partial charge in [-0.25, -0.2) is 0 Å². The maximum atomic E-state index is 14.9. The lowest BCUT2D eigenvalue weighted by molar-refractivity contribution is -0.165. The molecule has 1 spiro atoms. The fourth-order valence-electron chi connectivity index (χ4n) is 8.12. The van der Waals surface area contributed by atoms with Gasteiger partial charge < -0.3 is 29.3 Å². The fraction of sp³-hybridized carbons (Fsp3) is 0.500. The summed E-state index contributed by atoms with van der Waals surface area (Å²) < 4.78 is 13.1. The average Bonchev–Trinajstić information content (AvgIpc) is 3.73. The number of aliphatic hydroxyl groups is 1. The van der Waals surface area contributed by atoms with E-state index < -0.39 is 66.3 Å². The van der Waals surface area contributed by atoms with Crippen molar-refractivity contribution >= 4 is 39.6 Å². The van der Waals surface area contributed by atoms with Crippen molar-refractivity contribution in [1.29, 1.82) is 0 Å². The van der Waals surface area contributed by atoms with Gasteiger partial charge in [0.2, 0.25) is 17.7 Å². The highest BCUT2D eigenvalue weighted by molar-refractivity contribution is 9.09. The van der Waals surface area contributed by atoms with E-state index in [9.17, 15) is 24.3 Å². The van der Waals surface area contributed by atoms with Crippen LogP contribution in [0, 0.1) is 11.8 Å². The van der Waals surface area contributed by atoms with E-state index in [2.05, 4.69) is 29.1 Å². The molecule has 3 aliphatic rings. The number of fused-ring (bicyclic) bond motifs is 1. The van der Waals surface area contributed by atoms with E-state index in [0.717, 1.165) is 5.56 Å². The van der Waals surface area contributed by atoms with Crippen molar-refractivity contribution in [3.63, 3.8) is 0 Å². The van der Waals surface area contributed by atoms with Gasteiger partial charge in [-0.2, -0.15) is 0 Å². The molecule has 3 aliphatic heterocycles. The van der Waals surface area contributed by atoms with E-state index in [1.54, 1.807) is 29.0 Å². The summed E-state index contributed by atoms with van der Waals surface area (Å²) in [5, 5.41) is 10.8. The Hall–Kier alpha value is -3.80. The monoisotopic (exact) mass is 763 g/mol. The molecule has 274 valence electrons. The van der Waals surface area contributed by atoms with Crippen LogP contribution in [0.2, 0.25) is 0 Å². The number of hydrogen-bond acceptors (Lipinski definition) is 7. The van der Waals surface area contributed by atoms with Gasteiger partial charge in [-0.1, -0.05) is 88.7 Å². The van der Waals surface area contributed by atoms with Crippen molar-refractivity contribution < 1.29 is 33.8 Å². The maximum absolute atomic E-state index is 14.9. The molecule has 0 radical (unpaired) electrons. The zero-order valence-electron chi connectivity index (χ0n) is 29.9. The van der Waals surface area contributed by atoms with Gasteiger partial charge in [-0.15, -0.1) is 13.2 Å². The quantitative estimate of drug-likeness (QED) is 0.148. The van der Waals surface area contributed by atoms with Crippen molar-refractivity contribution in [3.8, 4) is 0 Å². The van der Waals surface area contributed by atoms with E-state index in [0.29, 0.717) is 24.8 Å². The van der Waals surface area contributed by atoms with Crippen LogP contribution in [0.15, 0.2) is 86.0 Å². The lowest BCUT2D eigenvalue weighted by atomic mass is 9.70. The molecule has 3 saturated heterocycles. The number of ether oxygens (including phenoxy) is 2. The predicted octanol–water partition coefficient (Wildman–Crippen LogP) is 4.86. The molecule has 5 rings (SSSR count). The Balaban J connectivity index is 1.55. The largest absolute Gasteiger partial charge is 0.455 e. The van der Waals surface area contributed by atoms with Gasteiger partial charge in [0, 0.05) is 30.9 Å². The number of likely N-dealkylation sites (N-methyl/N-ethyl adjacent to an activating group) is 1. The highest BCUT2D eigenvalue weighted by atomic mass is 79.9. The smallest absolute Gasteiger partial charge is 0.313 e. The average molecular weight is 765 g/mol. The van der Waals surface area contributed by atoms with Crippen molar-refractivity contribution in [2.24, 2.45) is 11.8 Å². The minimum atomic E-state index is -1.35. The van der Waals surface area contributed by atoms with Crippen LogP contribution in [-0.4, -0.2) is 104 Å². The van der Waals surface area contributed by atoms with E-state index in [1.807, 2.05) is 81.4 Å². The van der Waals surface area contributed by atoms with Crippen LogP contribution >= 0.6 is 15.9 Å².